The van der Waals surface area contributed by atoms with Crippen molar-refractivity contribution in [2.75, 3.05) is 0 Å². The van der Waals surface area contributed by atoms with Crippen molar-refractivity contribution in [3.63, 3.8) is 0 Å². The molecule has 0 radical (unpaired) electrons. The van der Waals surface area contributed by atoms with E-state index in [2.05, 4.69) is 6.07 Å². The van der Waals surface area contributed by atoms with Crippen molar-refractivity contribution in [1.82, 2.24) is 4.57 Å². The van der Waals surface area contributed by atoms with E-state index in [1.807, 2.05) is 29.9 Å². The molecule has 0 N–H and O–H groups in total. The Morgan fingerprint density at radius 1 is 1.70 bits per heavy atom. The van der Waals surface area contributed by atoms with Crippen LogP contribution in [0.1, 0.15) is 12.1 Å². The van der Waals surface area contributed by atoms with Gasteiger partial charge in [0.15, 0.2) is 0 Å². The van der Waals surface area contributed by atoms with Crippen molar-refractivity contribution in [3.05, 3.63) is 24.0 Å². The highest BCUT2D eigenvalue weighted by atomic mass is 14.9. The third kappa shape index (κ3) is 1.38. The Labute approximate surface area is 60.7 Å². The van der Waals surface area contributed by atoms with Crippen molar-refractivity contribution in [2.24, 2.45) is 7.05 Å². The lowest BCUT2D eigenvalue weighted by Crippen LogP contribution is -1.93. The maximum absolute atomic E-state index is 8.30. The summed E-state index contributed by atoms with van der Waals surface area (Å²) < 4.78 is 2.04. The number of hydrogen-bond acceptors (Lipinski definition) is 1. The summed E-state index contributed by atoms with van der Waals surface area (Å²) in [4.78, 5) is 0. The molecule has 0 aliphatic heterocycles. The van der Waals surface area contributed by atoms with Crippen molar-refractivity contribution in [1.29, 1.82) is 5.26 Å². The zero-order valence-electron chi connectivity index (χ0n) is 6.04. The van der Waals surface area contributed by atoms with Gasteiger partial charge in [-0.1, -0.05) is 0 Å². The molecule has 52 valence electrons. The molecule has 0 spiro atoms. The van der Waals surface area contributed by atoms with Gasteiger partial charge in [-0.05, 0) is 12.1 Å². The maximum Gasteiger partial charge on any atom is 0.0625 e. The van der Waals surface area contributed by atoms with Gasteiger partial charge in [-0.2, -0.15) is 5.26 Å². The number of nitriles is 1. The molecule has 0 amide bonds. The van der Waals surface area contributed by atoms with Gasteiger partial charge < -0.3 is 4.57 Å². The Hall–Kier alpha value is -1.23. The minimum absolute atomic E-state index is 0.609. The van der Waals surface area contributed by atoms with E-state index in [4.69, 9.17) is 5.26 Å². The predicted octanol–water partition coefficient (Wildman–Crippen LogP) is 1.48. The van der Waals surface area contributed by atoms with Crippen LogP contribution in [0.15, 0.2) is 18.3 Å². The van der Waals surface area contributed by atoms with E-state index in [0.29, 0.717) is 6.42 Å². The topological polar surface area (TPSA) is 28.7 Å². The van der Waals surface area contributed by atoms with E-state index < -0.39 is 0 Å². The van der Waals surface area contributed by atoms with Crippen LogP contribution in [0.2, 0.25) is 0 Å². The fraction of sp³-hybridized carbons (Fsp3) is 0.375. The summed E-state index contributed by atoms with van der Waals surface area (Å²) in [6, 6.07) is 6.15. The van der Waals surface area contributed by atoms with E-state index in [-0.39, 0.29) is 0 Å². The standard InChI is InChI=1S/C8H10N2/c1-10-7-3-5-8(10)4-2-6-9/h3,5,7H,2,4H2,1H3. The van der Waals surface area contributed by atoms with Crippen LogP contribution in [0.25, 0.3) is 0 Å². The summed E-state index contributed by atoms with van der Waals surface area (Å²) in [7, 11) is 1.99. The lowest BCUT2D eigenvalue weighted by atomic mass is 10.2. The minimum atomic E-state index is 0.609. The molecular weight excluding hydrogens is 124 g/mol. The highest BCUT2D eigenvalue weighted by Gasteiger charge is 1.93. The average molecular weight is 134 g/mol. The van der Waals surface area contributed by atoms with Crippen molar-refractivity contribution < 1.29 is 0 Å². The number of hydrogen-bond donors (Lipinski definition) is 0. The zero-order chi connectivity index (χ0) is 7.40. The first kappa shape index (κ1) is 6.88. The second kappa shape index (κ2) is 3.07. The van der Waals surface area contributed by atoms with E-state index in [1.54, 1.807) is 0 Å². The molecule has 0 bridgehead atoms. The molecule has 1 aromatic rings. The molecule has 10 heavy (non-hydrogen) atoms. The molecule has 2 heteroatoms. The van der Waals surface area contributed by atoms with Crippen LogP contribution >= 0.6 is 0 Å². The Bertz CT molecular complexity index is 242. The highest BCUT2D eigenvalue weighted by molar-refractivity contribution is 5.07. The minimum Gasteiger partial charge on any atom is -0.354 e. The third-order valence-electron chi connectivity index (χ3n) is 1.54. The van der Waals surface area contributed by atoms with Gasteiger partial charge in [0.25, 0.3) is 0 Å². The second-order valence-corrected chi connectivity index (χ2v) is 2.27. The summed E-state index contributed by atoms with van der Waals surface area (Å²) in [6.45, 7) is 0. The van der Waals surface area contributed by atoms with Gasteiger partial charge in [-0.15, -0.1) is 0 Å². The fourth-order valence-corrected chi connectivity index (χ4v) is 0.940. The highest BCUT2D eigenvalue weighted by Crippen LogP contribution is 2.01. The predicted molar refractivity (Wildman–Crippen MR) is 39.3 cm³/mol. The number of rotatable bonds is 2. The van der Waals surface area contributed by atoms with E-state index in [9.17, 15) is 0 Å². The van der Waals surface area contributed by atoms with Gasteiger partial charge in [0.05, 0.1) is 6.07 Å². The molecule has 1 heterocycles. The van der Waals surface area contributed by atoms with Crippen molar-refractivity contribution in [3.8, 4) is 6.07 Å². The van der Waals surface area contributed by atoms with E-state index in [0.717, 1.165) is 6.42 Å². The van der Waals surface area contributed by atoms with Crippen LogP contribution in [0, 0.1) is 11.3 Å². The molecule has 0 aromatic carbocycles. The molecule has 0 saturated heterocycles. The third-order valence-corrected chi connectivity index (χ3v) is 1.54. The van der Waals surface area contributed by atoms with Gasteiger partial charge in [0.2, 0.25) is 0 Å². The molecule has 1 rings (SSSR count). The number of aromatic nitrogens is 1. The average Bonchev–Trinajstić information content (AvgIpc) is 2.31. The van der Waals surface area contributed by atoms with Crippen molar-refractivity contribution >= 4 is 0 Å². The Kier molecular flexibility index (Phi) is 2.11. The Morgan fingerprint density at radius 2 is 2.50 bits per heavy atom. The molecule has 0 atom stereocenters. The monoisotopic (exact) mass is 134 g/mol. The largest absolute Gasteiger partial charge is 0.354 e. The van der Waals surface area contributed by atoms with Crippen LogP contribution < -0.4 is 0 Å². The molecule has 0 unspecified atom stereocenters. The van der Waals surface area contributed by atoms with Crippen LogP contribution in [0.4, 0.5) is 0 Å². The Balaban J connectivity index is 2.59. The first-order chi connectivity index (χ1) is 4.84. The molecular formula is C8H10N2. The van der Waals surface area contributed by atoms with Crippen LogP contribution in [-0.2, 0) is 13.5 Å². The maximum atomic E-state index is 8.30. The smallest absolute Gasteiger partial charge is 0.0625 e. The van der Waals surface area contributed by atoms with Crippen LogP contribution in [0.3, 0.4) is 0 Å². The normalized spacial score (nSPS) is 9.20. The molecule has 0 aliphatic carbocycles. The summed E-state index contributed by atoms with van der Waals surface area (Å²) >= 11 is 0. The molecule has 1 aromatic heterocycles. The van der Waals surface area contributed by atoms with Gasteiger partial charge >= 0.3 is 0 Å². The molecule has 0 fully saturated rings. The van der Waals surface area contributed by atoms with E-state index >= 15 is 0 Å². The van der Waals surface area contributed by atoms with Crippen molar-refractivity contribution in [2.45, 2.75) is 12.8 Å². The van der Waals surface area contributed by atoms with Gasteiger partial charge in [-0.25, -0.2) is 0 Å². The molecule has 0 aliphatic rings. The fourth-order valence-electron chi connectivity index (χ4n) is 0.940. The summed E-state index contributed by atoms with van der Waals surface area (Å²) in [5, 5.41) is 8.30. The summed E-state index contributed by atoms with van der Waals surface area (Å²) in [6.07, 6.45) is 3.46. The lowest BCUT2D eigenvalue weighted by molar-refractivity contribution is 0.814. The molecule has 2 nitrogen and oxygen atoms in total. The molecule has 0 saturated carbocycles. The van der Waals surface area contributed by atoms with Gasteiger partial charge in [-0.3, -0.25) is 0 Å². The summed E-state index contributed by atoms with van der Waals surface area (Å²) in [5.41, 5.74) is 1.22. The van der Waals surface area contributed by atoms with Gasteiger partial charge in [0, 0.05) is 31.8 Å². The van der Waals surface area contributed by atoms with Gasteiger partial charge in [0.1, 0.15) is 0 Å². The van der Waals surface area contributed by atoms with Crippen LogP contribution in [0.5, 0.6) is 0 Å². The number of aryl methyl sites for hydroxylation is 2. The first-order valence-electron chi connectivity index (χ1n) is 3.32. The second-order valence-electron chi connectivity index (χ2n) is 2.27. The summed E-state index contributed by atoms with van der Waals surface area (Å²) in [5.74, 6) is 0. The lowest BCUT2D eigenvalue weighted by Gasteiger charge is -1.97. The Morgan fingerprint density at radius 3 is 3.00 bits per heavy atom. The first-order valence-corrected chi connectivity index (χ1v) is 3.32. The van der Waals surface area contributed by atoms with Crippen LogP contribution in [-0.4, -0.2) is 4.57 Å². The number of nitrogens with zero attached hydrogens (tertiary/aromatic N) is 2. The quantitative estimate of drug-likeness (QED) is 0.602. The van der Waals surface area contributed by atoms with E-state index in [1.165, 1.54) is 5.69 Å². The zero-order valence-corrected chi connectivity index (χ0v) is 6.04. The SMILES string of the molecule is Cn1cccc1CCC#N.